The Bertz CT molecular complexity index is 1110. The predicted molar refractivity (Wildman–Crippen MR) is 125 cm³/mol. The van der Waals surface area contributed by atoms with Crippen molar-refractivity contribution in [2.45, 2.75) is 24.2 Å². The Labute approximate surface area is 188 Å². The van der Waals surface area contributed by atoms with Gasteiger partial charge in [0.05, 0.1) is 16.1 Å². The number of hydrogen-bond donors (Lipinski definition) is 1. The van der Waals surface area contributed by atoms with Gasteiger partial charge in [0.15, 0.2) is 9.84 Å². The lowest BCUT2D eigenvalue weighted by atomic mass is 10.1. The fraction of sp³-hybridized carbons (Fsp3) is 0.435. The fourth-order valence-electron chi connectivity index (χ4n) is 4.38. The average molecular weight is 461 g/mol. The van der Waals surface area contributed by atoms with Crippen molar-refractivity contribution in [3.05, 3.63) is 47.8 Å². The summed E-state index contributed by atoms with van der Waals surface area (Å²) in [4.78, 5) is 19.6. The smallest absolute Gasteiger partial charge is 0.256 e. The average Bonchev–Trinajstić information content (AvgIpc) is 2.80. The molecule has 2 N–H and O–H groups in total. The number of nitrogens with zero attached hydrogens (tertiary/aromatic N) is 3. The number of benzene rings is 2. The molecular formula is C23H29FN4O3S. The van der Waals surface area contributed by atoms with E-state index in [9.17, 15) is 17.6 Å². The Morgan fingerprint density at radius 2 is 1.59 bits per heavy atom. The number of piperazine rings is 1. The van der Waals surface area contributed by atoms with Gasteiger partial charge in [0.2, 0.25) is 0 Å². The number of carbonyl (C=O) groups is 1. The number of nitrogen functional groups attached to an aromatic ring is 1. The van der Waals surface area contributed by atoms with Crippen LogP contribution in [0.1, 0.15) is 29.6 Å². The van der Waals surface area contributed by atoms with Crippen molar-refractivity contribution in [2.24, 2.45) is 0 Å². The molecule has 32 heavy (non-hydrogen) atoms. The van der Waals surface area contributed by atoms with E-state index in [0.717, 1.165) is 50.0 Å². The Morgan fingerprint density at radius 1 is 0.906 bits per heavy atom. The van der Waals surface area contributed by atoms with E-state index >= 15 is 0 Å². The van der Waals surface area contributed by atoms with Gasteiger partial charge < -0.3 is 20.4 Å². The molecule has 0 radical (unpaired) electrons. The Balaban J connectivity index is 1.56. The second-order valence-electron chi connectivity index (χ2n) is 8.48. The van der Waals surface area contributed by atoms with E-state index in [2.05, 4.69) is 4.90 Å². The third-order valence-electron chi connectivity index (χ3n) is 6.24. The SMILES string of the molecule is CS(=O)(=O)c1ccc(N2CCCCC2)c(C(=O)N2CCN(c3ccc(N)c(F)c3)CC2)c1. The second-order valence-corrected chi connectivity index (χ2v) is 10.5. The highest BCUT2D eigenvalue weighted by molar-refractivity contribution is 7.90. The molecule has 0 bridgehead atoms. The quantitative estimate of drug-likeness (QED) is 0.706. The molecule has 172 valence electrons. The van der Waals surface area contributed by atoms with Crippen LogP contribution in [0, 0.1) is 5.82 Å². The number of piperidine rings is 1. The standard InChI is InChI=1S/C23H29FN4O3S/c1-32(30,31)18-6-8-22(27-9-3-2-4-10-27)19(16-18)23(29)28-13-11-26(12-14-28)17-5-7-21(25)20(24)15-17/h5-8,15-16H,2-4,9-14,25H2,1H3. The first-order valence-corrected chi connectivity index (χ1v) is 12.8. The Hall–Kier alpha value is -2.81. The van der Waals surface area contributed by atoms with E-state index < -0.39 is 15.7 Å². The monoisotopic (exact) mass is 460 g/mol. The molecule has 2 aliphatic heterocycles. The molecule has 2 aromatic rings. The minimum atomic E-state index is -3.43. The van der Waals surface area contributed by atoms with E-state index in [1.165, 1.54) is 12.1 Å². The van der Waals surface area contributed by atoms with Crippen molar-refractivity contribution in [1.29, 1.82) is 0 Å². The van der Waals surface area contributed by atoms with Crippen LogP contribution >= 0.6 is 0 Å². The summed E-state index contributed by atoms with van der Waals surface area (Å²) in [5, 5.41) is 0. The van der Waals surface area contributed by atoms with Gasteiger partial charge in [-0.1, -0.05) is 0 Å². The summed E-state index contributed by atoms with van der Waals surface area (Å²) in [5.41, 5.74) is 7.64. The molecule has 2 fully saturated rings. The summed E-state index contributed by atoms with van der Waals surface area (Å²) in [6.07, 6.45) is 4.42. The second kappa shape index (κ2) is 8.97. The van der Waals surface area contributed by atoms with Gasteiger partial charge in [-0.25, -0.2) is 12.8 Å². The zero-order valence-corrected chi connectivity index (χ0v) is 19.1. The molecule has 0 aliphatic carbocycles. The number of rotatable bonds is 4. The molecule has 0 aromatic heterocycles. The lowest BCUT2D eigenvalue weighted by Crippen LogP contribution is -2.49. The van der Waals surface area contributed by atoms with Crippen LogP contribution in [0.5, 0.6) is 0 Å². The van der Waals surface area contributed by atoms with Crippen molar-refractivity contribution in [1.82, 2.24) is 4.90 Å². The Morgan fingerprint density at radius 3 is 2.22 bits per heavy atom. The predicted octanol–water partition coefficient (Wildman–Crippen LogP) is 2.76. The van der Waals surface area contributed by atoms with Gasteiger partial charge in [-0.2, -0.15) is 0 Å². The molecular weight excluding hydrogens is 431 g/mol. The van der Waals surface area contributed by atoms with Crippen LogP contribution in [0.15, 0.2) is 41.3 Å². The van der Waals surface area contributed by atoms with Crippen LogP contribution < -0.4 is 15.5 Å². The minimum absolute atomic E-state index is 0.110. The molecule has 2 aliphatic rings. The molecule has 0 atom stereocenters. The molecule has 2 saturated heterocycles. The number of nitrogens with two attached hydrogens (primary N) is 1. The van der Waals surface area contributed by atoms with E-state index in [1.807, 2.05) is 4.90 Å². The third-order valence-corrected chi connectivity index (χ3v) is 7.35. The topological polar surface area (TPSA) is 87.0 Å². The van der Waals surface area contributed by atoms with Crippen LogP contribution in [-0.4, -0.2) is 64.7 Å². The van der Waals surface area contributed by atoms with Crippen molar-refractivity contribution in [2.75, 3.05) is 61.1 Å². The van der Waals surface area contributed by atoms with Crippen molar-refractivity contribution < 1.29 is 17.6 Å². The number of amides is 1. The number of sulfone groups is 1. The maximum absolute atomic E-state index is 13.8. The number of halogens is 1. The van der Waals surface area contributed by atoms with Crippen LogP contribution in [0.4, 0.5) is 21.5 Å². The highest BCUT2D eigenvalue weighted by Crippen LogP contribution is 2.29. The maximum atomic E-state index is 13.8. The summed E-state index contributed by atoms with van der Waals surface area (Å²) in [7, 11) is -3.43. The van der Waals surface area contributed by atoms with Crippen molar-refractivity contribution in [3.63, 3.8) is 0 Å². The summed E-state index contributed by atoms with van der Waals surface area (Å²) < 4.78 is 38.1. The van der Waals surface area contributed by atoms with Crippen molar-refractivity contribution in [3.8, 4) is 0 Å². The molecule has 0 spiro atoms. The summed E-state index contributed by atoms with van der Waals surface area (Å²) in [5.74, 6) is -0.621. The van der Waals surface area contributed by atoms with Crippen molar-refractivity contribution >= 4 is 32.8 Å². The minimum Gasteiger partial charge on any atom is -0.396 e. The van der Waals surface area contributed by atoms with E-state index in [-0.39, 0.29) is 16.5 Å². The first-order chi connectivity index (χ1) is 15.2. The zero-order chi connectivity index (χ0) is 22.9. The van der Waals surface area contributed by atoms with E-state index in [4.69, 9.17) is 5.73 Å². The lowest BCUT2D eigenvalue weighted by molar-refractivity contribution is 0.0747. The lowest BCUT2D eigenvalue weighted by Gasteiger charge is -2.37. The molecule has 0 saturated carbocycles. The largest absolute Gasteiger partial charge is 0.396 e. The molecule has 1 amide bonds. The van der Waals surface area contributed by atoms with Crippen LogP contribution in [0.25, 0.3) is 0 Å². The van der Waals surface area contributed by atoms with Gasteiger partial charge in [-0.3, -0.25) is 4.79 Å². The number of hydrogen-bond acceptors (Lipinski definition) is 6. The molecule has 2 heterocycles. The zero-order valence-electron chi connectivity index (χ0n) is 18.3. The molecule has 7 nitrogen and oxygen atoms in total. The third kappa shape index (κ3) is 4.67. The fourth-order valence-corrected chi connectivity index (χ4v) is 5.03. The summed E-state index contributed by atoms with van der Waals surface area (Å²) in [6, 6.07) is 9.61. The molecule has 0 unspecified atom stereocenters. The molecule has 4 rings (SSSR count). The highest BCUT2D eigenvalue weighted by Gasteiger charge is 2.27. The van der Waals surface area contributed by atoms with Gasteiger partial charge in [-0.05, 0) is 55.7 Å². The van der Waals surface area contributed by atoms with E-state index in [0.29, 0.717) is 31.7 Å². The first-order valence-electron chi connectivity index (χ1n) is 10.9. The highest BCUT2D eigenvalue weighted by atomic mass is 32.2. The molecule has 9 heteroatoms. The summed E-state index contributed by atoms with van der Waals surface area (Å²) >= 11 is 0. The van der Waals surface area contributed by atoms with Gasteiger partial charge in [0.25, 0.3) is 5.91 Å². The van der Waals surface area contributed by atoms with Gasteiger partial charge in [0, 0.05) is 56.9 Å². The van der Waals surface area contributed by atoms with E-state index in [1.54, 1.807) is 29.2 Å². The normalized spacial score (nSPS) is 17.5. The van der Waals surface area contributed by atoms with Crippen LogP contribution in [0.2, 0.25) is 0 Å². The van der Waals surface area contributed by atoms with Gasteiger partial charge in [-0.15, -0.1) is 0 Å². The van der Waals surface area contributed by atoms with Crippen LogP contribution in [-0.2, 0) is 9.84 Å². The molecule has 2 aromatic carbocycles. The van der Waals surface area contributed by atoms with Gasteiger partial charge in [0.1, 0.15) is 5.82 Å². The first kappa shape index (κ1) is 22.4. The maximum Gasteiger partial charge on any atom is 0.256 e. The van der Waals surface area contributed by atoms with Gasteiger partial charge >= 0.3 is 0 Å². The van der Waals surface area contributed by atoms with Crippen LogP contribution in [0.3, 0.4) is 0 Å². The summed E-state index contributed by atoms with van der Waals surface area (Å²) in [6.45, 7) is 3.75. The number of anilines is 3. The number of carbonyl (C=O) groups excluding carboxylic acids is 1. The Kier molecular flexibility index (Phi) is 6.28.